The molecule has 3 amide bonds. The topological polar surface area (TPSA) is 96.5 Å². The van der Waals surface area contributed by atoms with Gasteiger partial charge in [0.25, 0.3) is 5.91 Å². The molecule has 0 radical (unpaired) electrons. The third-order valence-corrected chi connectivity index (χ3v) is 4.52. The lowest BCUT2D eigenvalue weighted by atomic mass is 10.1. The summed E-state index contributed by atoms with van der Waals surface area (Å²) in [6.07, 6.45) is 0. The van der Waals surface area contributed by atoms with Gasteiger partial charge >= 0.3 is 0 Å². The molecule has 27 heavy (non-hydrogen) atoms. The van der Waals surface area contributed by atoms with Crippen molar-refractivity contribution in [2.75, 3.05) is 20.2 Å². The summed E-state index contributed by atoms with van der Waals surface area (Å²) in [5, 5.41) is 9.30. The van der Waals surface area contributed by atoms with E-state index >= 15 is 0 Å². The van der Waals surface area contributed by atoms with Crippen LogP contribution in [0.2, 0.25) is 0 Å². The molecule has 0 bridgehead atoms. The van der Waals surface area contributed by atoms with E-state index in [1.807, 2.05) is 0 Å². The summed E-state index contributed by atoms with van der Waals surface area (Å²) < 4.78 is 18.6. The lowest BCUT2D eigenvalue weighted by Gasteiger charge is -2.15. The van der Waals surface area contributed by atoms with Crippen LogP contribution in [0.4, 0.5) is 4.39 Å². The van der Waals surface area contributed by atoms with Gasteiger partial charge in [0.1, 0.15) is 0 Å². The number of halogens is 1. The van der Waals surface area contributed by atoms with Crippen LogP contribution in [-0.2, 0) is 9.59 Å². The molecule has 1 heterocycles. The Morgan fingerprint density at radius 3 is 2.52 bits per heavy atom. The van der Waals surface area contributed by atoms with Crippen molar-refractivity contribution in [1.29, 1.82) is 0 Å². The molecule has 144 valence electrons. The summed E-state index contributed by atoms with van der Waals surface area (Å²) in [5.41, 5.74) is 0.566. The number of hydrogen-bond acceptors (Lipinski definition) is 5. The van der Waals surface area contributed by atoms with Crippen LogP contribution in [0.1, 0.15) is 28.2 Å². The molecule has 0 fully saturated rings. The summed E-state index contributed by atoms with van der Waals surface area (Å²) >= 11 is 1.27. The van der Waals surface area contributed by atoms with Crippen LogP contribution in [0, 0.1) is 5.82 Å². The largest absolute Gasteiger partial charge is 0.494 e. The molecule has 1 aromatic heterocycles. The van der Waals surface area contributed by atoms with Crippen molar-refractivity contribution in [3.8, 4) is 5.75 Å². The molecule has 0 unspecified atom stereocenters. The Balaban J connectivity index is 1.74. The van der Waals surface area contributed by atoms with Crippen molar-refractivity contribution in [2.45, 2.75) is 13.0 Å². The predicted molar refractivity (Wildman–Crippen MR) is 99.2 cm³/mol. The Bertz CT molecular complexity index is 811. The normalized spacial score (nSPS) is 11.4. The van der Waals surface area contributed by atoms with Gasteiger partial charge in [0.15, 0.2) is 11.6 Å². The summed E-state index contributed by atoms with van der Waals surface area (Å²) in [4.78, 5) is 35.9. The number of thiophene rings is 1. The fourth-order valence-corrected chi connectivity index (χ4v) is 2.86. The SMILES string of the molecule is COc1ccc([C@H](C)NC(=O)CNC(=O)CNC(=O)c2cccs2)cc1F. The van der Waals surface area contributed by atoms with Crippen LogP contribution < -0.4 is 20.7 Å². The van der Waals surface area contributed by atoms with Crippen LogP contribution >= 0.6 is 11.3 Å². The van der Waals surface area contributed by atoms with Gasteiger partial charge in [-0.1, -0.05) is 12.1 Å². The second-order valence-electron chi connectivity index (χ2n) is 5.62. The fourth-order valence-electron chi connectivity index (χ4n) is 2.22. The van der Waals surface area contributed by atoms with Crippen LogP contribution in [-0.4, -0.2) is 37.9 Å². The molecule has 0 saturated carbocycles. The molecule has 2 aromatic rings. The average Bonchev–Trinajstić information content (AvgIpc) is 3.19. The highest BCUT2D eigenvalue weighted by atomic mass is 32.1. The quantitative estimate of drug-likeness (QED) is 0.635. The predicted octanol–water partition coefficient (Wildman–Crippen LogP) is 1.62. The average molecular weight is 393 g/mol. The number of rotatable bonds is 8. The van der Waals surface area contributed by atoms with E-state index in [1.165, 1.54) is 30.6 Å². The van der Waals surface area contributed by atoms with Crippen LogP contribution in [0.25, 0.3) is 0 Å². The summed E-state index contributed by atoms with van der Waals surface area (Å²) in [6.45, 7) is 1.21. The number of hydrogen-bond donors (Lipinski definition) is 3. The minimum Gasteiger partial charge on any atom is -0.494 e. The van der Waals surface area contributed by atoms with E-state index in [9.17, 15) is 18.8 Å². The monoisotopic (exact) mass is 393 g/mol. The van der Waals surface area contributed by atoms with Crippen LogP contribution in [0.5, 0.6) is 5.75 Å². The van der Waals surface area contributed by atoms with E-state index in [1.54, 1.807) is 30.5 Å². The zero-order valence-electron chi connectivity index (χ0n) is 14.9. The number of amides is 3. The molecule has 7 nitrogen and oxygen atoms in total. The first-order valence-corrected chi connectivity index (χ1v) is 9.00. The number of carbonyl (C=O) groups is 3. The summed E-state index contributed by atoms with van der Waals surface area (Å²) in [6, 6.07) is 7.34. The van der Waals surface area contributed by atoms with Crippen molar-refractivity contribution in [3.05, 3.63) is 52.0 Å². The van der Waals surface area contributed by atoms with E-state index < -0.39 is 23.7 Å². The molecule has 2 rings (SSSR count). The van der Waals surface area contributed by atoms with Crippen molar-refractivity contribution in [3.63, 3.8) is 0 Å². The first-order chi connectivity index (χ1) is 12.9. The van der Waals surface area contributed by atoms with E-state index in [-0.39, 0.29) is 24.7 Å². The standard InChI is InChI=1S/C18H20FN3O4S/c1-11(12-5-6-14(26-2)13(19)8-12)22-17(24)10-20-16(23)9-21-18(25)15-4-3-7-27-15/h3-8,11H,9-10H2,1-2H3,(H,20,23)(H,21,25)(H,22,24)/t11-/m0/s1. The summed E-state index contributed by atoms with van der Waals surface area (Å²) in [7, 11) is 1.37. The van der Waals surface area contributed by atoms with Gasteiger partial charge in [-0.2, -0.15) is 0 Å². The second kappa shape index (κ2) is 9.67. The smallest absolute Gasteiger partial charge is 0.261 e. The van der Waals surface area contributed by atoms with Gasteiger partial charge in [-0.15, -0.1) is 11.3 Å². The number of nitrogens with one attached hydrogen (secondary N) is 3. The molecular formula is C18H20FN3O4S. The second-order valence-corrected chi connectivity index (χ2v) is 6.57. The highest BCUT2D eigenvalue weighted by molar-refractivity contribution is 7.12. The van der Waals surface area contributed by atoms with Crippen molar-refractivity contribution >= 4 is 29.1 Å². The highest BCUT2D eigenvalue weighted by Crippen LogP contribution is 2.21. The molecule has 0 aliphatic heterocycles. The Morgan fingerprint density at radius 2 is 1.89 bits per heavy atom. The van der Waals surface area contributed by atoms with Gasteiger partial charge < -0.3 is 20.7 Å². The van der Waals surface area contributed by atoms with Crippen molar-refractivity contribution in [1.82, 2.24) is 16.0 Å². The van der Waals surface area contributed by atoms with Crippen LogP contribution in [0.3, 0.4) is 0 Å². The van der Waals surface area contributed by atoms with Gasteiger partial charge in [-0.05, 0) is 36.1 Å². The van der Waals surface area contributed by atoms with Gasteiger partial charge in [0.2, 0.25) is 11.8 Å². The summed E-state index contributed by atoms with van der Waals surface area (Å²) in [5.74, 6) is -1.67. The molecule has 1 aromatic carbocycles. The van der Waals surface area contributed by atoms with Crippen molar-refractivity contribution < 1.29 is 23.5 Å². The zero-order chi connectivity index (χ0) is 19.8. The van der Waals surface area contributed by atoms with E-state index in [0.29, 0.717) is 10.4 Å². The first-order valence-electron chi connectivity index (χ1n) is 8.12. The van der Waals surface area contributed by atoms with Gasteiger partial charge in [0, 0.05) is 0 Å². The van der Waals surface area contributed by atoms with Gasteiger partial charge in [-0.3, -0.25) is 14.4 Å². The molecule has 3 N–H and O–H groups in total. The third kappa shape index (κ3) is 6.07. The maximum Gasteiger partial charge on any atom is 0.261 e. The molecular weight excluding hydrogens is 373 g/mol. The lowest BCUT2D eigenvalue weighted by molar-refractivity contribution is -0.125. The first kappa shape index (κ1) is 20.4. The van der Waals surface area contributed by atoms with E-state index in [2.05, 4.69) is 16.0 Å². The Labute approximate surface area is 159 Å². The van der Waals surface area contributed by atoms with Crippen molar-refractivity contribution in [2.24, 2.45) is 0 Å². The minimum absolute atomic E-state index is 0.120. The van der Waals surface area contributed by atoms with Gasteiger partial charge in [0.05, 0.1) is 31.1 Å². The third-order valence-electron chi connectivity index (χ3n) is 3.65. The number of carbonyl (C=O) groups excluding carboxylic acids is 3. The van der Waals surface area contributed by atoms with Crippen LogP contribution in [0.15, 0.2) is 35.7 Å². The fraction of sp³-hybridized carbons (Fsp3) is 0.278. The maximum atomic E-state index is 13.7. The Kier molecular flexibility index (Phi) is 7.30. The molecule has 0 saturated heterocycles. The zero-order valence-corrected chi connectivity index (χ0v) is 15.7. The number of methoxy groups -OCH3 is 1. The maximum absolute atomic E-state index is 13.7. The Morgan fingerprint density at radius 1 is 1.15 bits per heavy atom. The molecule has 1 atom stereocenters. The lowest BCUT2D eigenvalue weighted by Crippen LogP contribution is -2.42. The molecule has 0 aliphatic carbocycles. The Hall–Kier alpha value is -2.94. The van der Waals surface area contributed by atoms with E-state index in [4.69, 9.17) is 4.74 Å². The molecule has 9 heteroatoms. The number of ether oxygens (including phenoxy) is 1. The molecule has 0 spiro atoms. The highest BCUT2D eigenvalue weighted by Gasteiger charge is 2.14. The van der Waals surface area contributed by atoms with E-state index in [0.717, 1.165) is 0 Å². The van der Waals surface area contributed by atoms with Gasteiger partial charge in [-0.25, -0.2) is 4.39 Å². The minimum atomic E-state index is -0.522. The molecule has 0 aliphatic rings. The number of benzene rings is 1.